The number of benzene rings is 2. The molecule has 27 heavy (non-hydrogen) atoms. The van der Waals surface area contributed by atoms with Crippen LogP contribution in [0.15, 0.2) is 47.3 Å². The number of thiazole rings is 1. The number of nitrogens with one attached hydrogen (secondary N) is 1. The van der Waals surface area contributed by atoms with E-state index < -0.39 is 0 Å². The second-order valence-electron chi connectivity index (χ2n) is 6.29. The summed E-state index contributed by atoms with van der Waals surface area (Å²) in [6, 6.07) is 13.2. The Morgan fingerprint density at radius 2 is 1.70 bits per heavy atom. The van der Waals surface area contributed by atoms with Gasteiger partial charge in [-0.1, -0.05) is 70.4 Å². The van der Waals surface area contributed by atoms with Gasteiger partial charge in [0.25, 0.3) is 5.91 Å². The molecule has 1 aromatic heterocycles. The predicted molar refractivity (Wildman–Crippen MR) is 111 cm³/mol. The van der Waals surface area contributed by atoms with Gasteiger partial charge in [-0.25, -0.2) is 0 Å². The van der Waals surface area contributed by atoms with E-state index in [1.165, 1.54) is 0 Å². The molecule has 1 heterocycles. The molecule has 0 aliphatic carbocycles. The zero-order valence-electron chi connectivity index (χ0n) is 14.9. The van der Waals surface area contributed by atoms with Gasteiger partial charge in [0, 0.05) is 12.2 Å². The molecule has 0 aliphatic rings. The summed E-state index contributed by atoms with van der Waals surface area (Å²) in [4.78, 5) is 25.2. The zero-order valence-corrected chi connectivity index (χ0v) is 17.2. The number of nitrogens with zero attached hydrogens (tertiary/aromatic N) is 1. The van der Waals surface area contributed by atoms with Crippen LogP contribution in [0.3, 0.4) is 0 Å². The Morgan fingerprint density at radius 3 is 2.37 bits per heavy atom. The van der Waals surface area contributed by atoms with Crippen molar-refractivity contribution >= 4 is 40.4 Å². The minimum absolute atomic E-state index is 0.146. The number of rotatable bonds is 5. The maximum Gasteiger partial charge on any atom is 0.308 e. The second-order valence-corrected chi connectivity index (χ2v) is 8.06. The Labute approximate surface area is 171 Å². The van der Waals surface area contributed by atoms with Crippen LogP contribution in [0.5, 0.6) is 0 Å². The summed E-state index contributed by atoms with van der Waals surface area (Å²) in [5.41, 5.74) is 3.68. The van der Waals surface area contributed by atoms with Crippen LogP contribution >= 0.6 is 34.5 Å². The summed E-state index contributed by atoms with van der Waals surface area (Å²) >= 11 is 12.9. The first-order valence-corrected chi connectivity index (χ1v) is 9.90. The summed E-state index contributed by atoms with van der Waals surface area (Å²) in [6.45, 7) is 4.56. The molecule has 7 heteroatoms. The molecule has 0 aliphatic heterocycles. The highest BCUT2D eigenvalue weighted by Crippen LogP contribution is 2.22. The lowest BCUT2D eigenvalue weighted by atomic mass is 10.1. The summed E-state index contributed by atoms with van der Waals surface area (Å²) in [5, 5.41) is 3.74. The molecular weight excluding hydrogens is 403 g/mol. The van der Waals surface area contributed by atoms with E-state index in [9.17, 15) is 9.59 Å². The molecule has 1 N–H and O–H groups in total. The zero-order chi connectivity index (χ0) is 19.6. The maximum atomic E-state index is 12.5. The van der Waals surface area contributed by atoms with Gasteiger partial charge in [0.2, 0.25) is 0 Å². The molecule has 0 saturated heterocycles. The third-order valence-corrected chi connectivity index (χ3v) is 6.07. The first kappa shape index (κ1) is 19.7. The maximum absolute atomic E-state index is 12.5. The van der Waals surface area contributed by atoms with Crippen molar-refractivity contribution in [1.29, 1.82) is 0 Å². The van der Waals surface area contributed by atoms with Gasteiger partial charge in [-0.15, -0.1) is 0 Å². The Kier molecular flexibility index (Phi) is 6.05. The quantitative estimate of drug-likeness (QED) is 0.643. The number of aromatic nitrogens is 1. The largest absolute Gasteiger partial charge is 0.347 e. The van der Waals surface area contributed by atoms with Crippen molar-refractivity contribution in [2.45, 2.75) is 26.9 Å². The monoisotopic (exact) mass is 420 g/mol. The van der Waals surface area contributed by atoms with E-state index in [1.807, 2.05) is 31.2 Å². The molecule has 3 aromatic rings. The SMILES string of the molecule is Cc1ccc(Cn2c(C)c(C(=O)NCc3ccc(Cl)c(Cl)c3)sc2=O)cc1. The number of hydrogen-bond acceptors (Lipinski definition) is 3. The minimum atomic E-state index is -0.275. The Balaban J connectivity index is 1.74. The van der Waals surface area contributed by atoms with E-state index >= 15 is 0 Å². The van der Waals surface area contributed by atoms with Crippen LogP contribution < -0.4 is 10.2 Å². The molecule has 0 atom stereocenters. The van der Waals surface area contributed by atoms with Crippen LogP contribution in [0, 0.1) is 13.8 Å². The fourth-order valence-electron chi connectivity index (χ4n) is 2.66. The van der Waals surface area contributed by atoms with Crippen LogP contribution in [0.4, 0.5) is 0 Å². The highest BCUT2D eigenvalue weighted by atomic mass is 35.5. The molecule has 0 bridgehead atoms. The van der Waals surface area contributed by atoms with Crippen molar-refractivity contribution in [3.05, 3.63) is 89.4 Å². The molecule has 0 radical (unpaired) electrons. The third kappa shape index (κ3) is 4.61. The first-order valence-electron chi connectivity index (χ1n) is 8.33. The van der Waals surface area contributed by atoms with Gasteiger partial charge in [0.05, 0.1) is 16.6 Å². The van der Waals surface area contributed by atoms with Gasteiger partial charge in [0.1, 0.15) is 4.88 Å². The summed E-state index contributed by atoms with van der Waals surface area (Å²) in [6.07, 6.45) is 0. The normalized spacial score (nSPS) is 10.8. The fourth-order valence-corrected chi connectivity index (χ4v) is 3.89. The summed E-state index contributed by atoms with van der Waals surface area (Å²) < 4.78 is 1.63. The topological polar surface area (TPSA) is 51.1 Å². The van der Waals surface area contributed by atoms with Gasteiger partial charge < -0.3 is 5.32 Å². The van der Waals surface area contributed by atoms with Crippen LogP contribution in [0.1, 0.15) is 32.1 Å². The average molecular weight is 421 g/mol. The lowest BCUT2D eigenvalue weighted by Crippen LogP contribution is -2.23. The molecule has 2 aromatic carbocycles. The van der Waals surface area contributed by atoms with E-state index in [0.29, 0.717) is 33.7 Å². The molecule has 140 valence electrons. The van der Waals surface area contributed by atoms with Crippen LogP contribution in [-0.2, 0) is 13.1 Å². The fraction of sp³-hybridized carbons (Fsp3) is 0.200. The number of amides is 1. The molecule has 4 nitrogen and oxygen atoms in total. The Bertz CT molecular complexity index is 1040. The molecular formula is C20H18Cl2N2O2S. The first-order chi connectivity index (χ1) is 12.8. The predicted octanol–water partition coefficient (Wildman–Crippen LogP) is 4.81. The van der Waals surface area contributed by atoms with Gasteiger partial charge in [-0.05, 0) is 37.1 Å². The van der Waals surface area contributed by atoms with Crippen molar-refractivity contribution < 1.29 is 4.79 Å². The Morgan fingerprint density at radius 1 is 1.04 bits per heavy atom. The summed E-state index contributed by atoms with van der Waals surface area (Å²) in [5.74, 6) is -0.275. The van der Waals surface area contributed by atoms with Crippen molar-refractivity contribution in [2.75, 3.05) is 0 Å². The molecule has 0 fully saturated rings. The molecule has 0 unspecified atom stereocenters. The van der Waals surface area contributed by atoms with Crippen LogP contribution in [0.25, 0.3) is 0 Å². The van der Waals surface area contributed by atoms with Crippen molar-refractivity contribution in [2.24, 2.45) is 0 Å². The van der Waals surface area contributed by atoms with Crippen LogP contribution in [-0.4, -0.2) is 10.5 Å². The standard InChI is InChI=1S/C20H18Cl2N2O2S/c1-12-3-5-14(6-4-12)11-24-13(2)18(27-20(24)26)19(25)23-10-15-7-8-16(21)17(22)9-15/h3-9H,10-11H2,1-2H3,(H,23,25). The van der Waals surface area contributed by atoms with Gasteiger partial charge in [0.15, 0.2) is 0 Å². The molecule has 0 saturated carbocycles. The van der Waals surface area contributed by atoms with E-state index in [4.69, 9.17) is 23.2 Å². The number of carbonyl (C=O) groups excluding carboxylic acids is 1. The van der Waals surface area contributed by atoms with Gasteiger partial charge in [-0.2, -0.15) is 0 Å². The lowest BCUT2D eigenvalue weighted by Gasteiger charge is -2.08. The Hall–Kier alpha value is -2.08. The minimum Gasteiger partial charge on any atom is -0.347 e. The smallest absolute Gasteiger partial charge is 0.308 e. The molecule has 1 amide bonds. The second kappa shape index (κ2) is 8.30. The van der Waals surface area contributed by atoms with Crippen molar-refractivity contribution in [3.63, 3.8) is 0 Å². The van der Waals surface area contributed by atoms with E-state index in [1.54, 1.807) is 29.7 Å². The highest BCUT2D eigenvalue weighted by Gasteiger charge is 2.17. The van der Waals surface area contributed by atoms with Gasteiger partial charge >= 0.3 is 4.87 Å². The van der Waals surface area contributed by atoms with E-state index in [-0.39, 0.29) is 10.8 Å². The molecule has 3 rings (SSSR count). The number of aryl methyl sites for hydroxylation is 1. The van der Waals surface area contributed by atoms with E-state index in [2.05, 4.69) is 5.32 Å². The van der Waals surface area contributed by atoms with E-state index in [0.717, 1.165) is 28.0 Å². The highest BCUT2D eigenvalue weighted by molar-refractivity contribution is 7.11. The van der Waals surface area contributed by atoms with Crippen molar-refractivity contribution in [3.8, 4) is 0 Å². The van der Waals surface area contributed by atoms with Crippen molar-refractivity contribution in [1.82, 2.24) is 9.88 Å². The lowest BCUT2D eigenvalue weighted by molar-refractivity contribution is 0.0954. The number of hydrogen-bond donors (Lipinski definition) is 1. The van der Waals surface area contributed by atoms with Gasteiger partial charge in [-0.3, -0.25) is 14.2 Å². The average Bonchev–Trinajstić information content (AvgIpc) is 2.92. The number of carbonyl (C=O) groups is 1. The number of halogens is 2. The summed E-state index contributed by atoms with van der Waals surface area (Å²) in [7, 11) is 0. The van der Waals surface area contributed by atoms with Crippen LogP contribution in [0.2, 0.25) is 10.0 Å². The third-order valence-electron chi connectivity index (χ3n) is 4.25. The molecule has 0 spiro atoms.